The maximum Gasteiger partial charge on any atom is 0.228 e. The van der Waals surface area contributed by atoms with Crippen molar-refractivity contribution in [1.29, 1.82) is 0 Å². The van der Waals surface area contributed by atoms with Crippen LogP contribution in [0.2, 0.25) is 0 Å². The van der Waals surface area contributed by atoms with Gasteiger partial charge in [-0.1, -0.05) is 0 Å². The molecule has 0 aliphatic rings. The number of rotatable bonds is 2. The van der Waals surface area contributed by atoms with E-state index in [1.807, 2.05) is 0 Å². The smallest absolute Gasteiger partial charge is 0.228 e. The highest BCUT2D eigenvalue weighted by atomic mass is 16.1. The summed E-state index contributed by atoms with van der Waals surface area (Å²) >= 11 is 0. The van der Waals surface area contributed by atoms with Crippen molar-refractivity contribution in [2.24, 2.45) is 5.84 Å². The molecule has 4 N–H and O–H groups in total. The summed E-state index contributed by atoms with van der Waals surface area (Å²) < 4.78 is 0. The lowest BCUT2D eigenvalue weighted by molar-refractivity contribution is -0.107. The average molecular weight is 150 g/mol. The Morgan fingerprint density at radius 2 is 2.27 bits per heavy atom. The first-order chi connectivity index (χ1) is 5.24. The molecule has 0 saturated heterocycles. The first kappa shape index (κ1) is 7.56. The first-order valence-corrected chi connectivity index (χ1v) is 3.00. The van der Waals surface area contributed by atoms with Crippen LogP contribution >= 0.6 is 0 Å². The van der Waals surface area contributed by atoms with Gasteiger partial charge in [-0.2, -0.15) is 0 Å². The van der Waals surface area contributed by atoms with Gasteiger partial charge >= 0.3 is 0 Å². The zero-order chi connectivity index (χ0) is 8.27. The summed E-state index contributed by atoms with van der Waals surface area (Å²) in [6.45, 7) is 0. The van der Waals surface area contributed by atoms with Gasteiger partial charge < -0.3 is 5.73 Å². The number of nitrogens with two attached hydrogens (primary N) is 2. The molecule has 0 atom stereocenters. The van der Waals surface area contributed by atoms with Crippen LogP contribution in [-0.2, 0) is 4.79 Å². The summed E-state index contributed by atoms with van der Waals surface area (Å²) in [4.78, 5) is 10.2. The molecule has 1 aromatic rings. The van der Waals surface area contributed by atoms with Crippen molar-refractivity contribution in [1.82, 2.24) is 0 Å². The molecule has 1 amide bonds. The maximum atomic E-state index is 10.2. The van der Waals surface area contributed by atoms with Gasteiger partial charge in [0.25, 0.3) is 0 Å². The number of amides is 1. The minimum Gasteiger partial charge on any atom is -0.399 e. The Morgan fingerprint density at radius 1 is 1.55 bits per heavy atom. The van der Waals surface area contributed by atoms with Crippen molar-refractivity contribution >= 4 is 17.8 Å². The first-order valence-electron chi connectivity index (χ1n) is 3.00. The molecule has 0 aromatic heterocycles. The molecule has 1 radical (unpaired) electrons. The van der Waals surface area contributed by atoms with Gasteiger partial charge in [0.15, 0.2) is 0 Å². The van der Waals surface area contributed by atoms with E-state index in [0.29, 0.717) is 17.8 Å². The van der Waals surface area contributed by atoms with Gasteiger partial charge in [0.1, 0.15) is 0 Å². The topological polar surface area (TPSA) is 72.3 Å². The molecule has 0 fully saturated rings. The van der Waals surface area contributed by atoms with Crippen LogP contribution in [0.4, 0.5) is 11.4 Å². The van der Waals surface area contributed by atoms with E-state index < -0.39 is 0 Å². The van der Waals surface area contributed by atoms with E-state index in [-0.39, 0.29) is 0 Å². The predicted octanol–water partition coefficient (Wildman–Crippen LogP) is -0.0945. The van der Waals surface area contributed by atoms with Crippen LogP contribution in [0, 0.1) is 6.07 Å². The molecule has 0 saturated carbocycles. The molecule has 0 spiro atoms. The standard InChI is InChI=1S/C7H8N3O/c8-6-2-1-3-7(4-6)10(9)5-11/h2-5H,8-9H2. The summed E-state index contributed by atoms with van der Waals surface area (Å²) in [6, 6.07) is 7.50. The average Bonchev–Trinajstić information content (AvgIpc) is 2.03. The summed E-state index contributed by atoms with van der Waals surface area (Å²) in [5.74, 6) is 5.25. The number of nitrogens with zero attached hydrogens (tertiary/aromatic N) is 1. The summed E-state index contributed by atoms with van der Waals surface area (Å²) in [6.07, 6.45) is 0.503. The molecule has 1 aromatic carbocycles. The van der Waals surface area contributed by atoms with Gasteiger partial charge in [-0.15, -0.1) is 0 Å². The van der Waals surface area contributed by atoms with Crippen LogP contribution in [0.25, 0.3) is 0 Å². The highest BCUT2D eigenvalue weighted by molar-refractivity contribution is 5.74. The molecular weight excluding hydrogens is 142 g/mol. The molecule has 11 heavy (non-hydrogen) atoms. The molecule has 0 bridgehead atoms. The fraction of sp³-hybridized carbons (Fsp3) is 0. The van der Waals surface area contributed by atoms with Gasteiger partial charge in [0.05, 0.1) is 5.69 Å². The fourth-order valence-corrected chi connectivity index (χ4v) is 0.687. The second-order valence-corrected chi connectivity index (χ2v) is 2.04. The molecule has 1 rings (SSSR count). The van der Waals surface area contributed by atoms with E-state index in [2.05, 4.69) is 6.07 Å². The van der Waals surface area contributed by atoms with E-state index >= 15 is 0 Å². The molecule has 0 aliphatic carbocycles. The summed E-state index contributed by atoms with van der Waals surface area (Å²) in [5, 5.41) is 0.937. The van der Waals surface area contributed by atoms with E-state index in [0.717, 1.165) is 5.01 Å². The maximum absolute atomic E-state index is 10.2. The molecule has 0 unspecified atom stereocenters. The Balaban J connectivity index is 2.95. The minimum atomic E-state index is 0.503. The number of carbonyl (C=O) groups excluding carboxylic acids is 1. The number of benzene rings is 1. The number of hydrogen-bond acceptors (Lipinski definition) is 3. The number of carbonyl (C=O) groups is 1. The van der Waals surface area contributed by atoms with E-state index in [9.17, 15) is 4.79 Å². The van der Waals surface area contributed by atoms with Crippen molar-refractivity contribution in [2.75, 3.05) is 10.7 Å². The third kappa shape index (κ3) is 1.68. The van der Waals surface area contributed by atoms with E-state index in [4.69, 9.17) is 11.6 Å². The van der Waals surface area contributed by atoms with Gasteiger partial charge in [-0.3, -0.25) is 9.80 Å². The molecule has 0 aliphatic heterocycles. The molecule has 0 heterocycles. The third-order valence-electron chi connectivity index (χ3n) is 1.21. The number of hydrazine groups is 1. The zero-order valence-corrected chi connectivity index (χ0v) is 5.82. The summed E-state index contributed by atoms with van der Waals surface area (Å²) in [5.41, 5.74) is 6.48. The molecule has 4 nitrogen and oxygen atoms in total. The van der Waals surface area contributed by atoms with Crippen LogP contribution in [0.1, 0.15) is 0 Å². The van der Waals surface area contributed by atoms with Crippen molar-refractivity contribution in [2.45, 2.75) is 0 Å². The Labute approximate surface area is 64.4 Å². The predicted molar refractivity (Wildman–Crippen MR) is 42.4 cm³/mol. The van der Waals surface area contributed by atoms with E-state index in [1.165, 1.54) is 0 Å². The highest BCUT2D eigenvalue weighted by Crippen LogP contribution is 2.12. The van der Waals surface area contributed by atoms with Gasteiger partial charge in [-0.05, 0) is 24.3 Å². The lowest BCUT2D eigenvalue weighted by Gasteiger charge is -2.09. The zero-order valence-electron chi connectivity index (χ0n) is 5.82. The van der Waals surface area contributed by atoms with Crippen molar-refractivity contribution in [3.8, 4) is 0 Å². The highest BCUT2D eigenvalue weighted by Gasteiger charge is 1.97. The number of nitrogen functional groups attached to an aromatic ring is 1. The Kier molecular flexibility index (Phi) is 2.08. The lowest BCUT2D eigenvalue weighted by atomic mass is 10.3. The number of anilines is 2. The van der Waals surface area contributed by atoms with Crippen LogP contribution in [-0.4, -0.2) is 6.41 Å². The number of hydrogen-bond donors (Lipinski definition) is 2. The SMILES string of the molecule is Nc1c[c]cc(N(N)C=O)c1. The van der Waals surface area contributed by atoms with Crippen LogP contribution in [0.15, 0.2) is 18.2 Å². The van der Waals surface area contributed by atoms with Crippen molar-refractivity contribution in [3.63, 3.8) is 0 Å². The van der Waals surface area contributed by atoms with Crippen molar-refractivity contribution < 1.29 is 4.79 Å². The van der Waals surface area contributed by atoms with Crippen molar-refractivity contribution in [3.05, 3.63) is 24.3 Å². The van der Waals surface area contributed by atoms with Gasteiger partial charge in [-0.25, -0.2) is 5.84 Å². The second kappa shape index (κ2) is 3.03. The van der Waals surface area contributed by atoms with Crippen LogP contribution in [0.5, 0.6) is 0 Å². The van der Waals surface area contributed by atoms with Gasteiger partial charge in [0, 0.05) is 5.69 Å². The molecule has 4 heteroatoms. The lowest BCUT2D eigenvalue weighted by Crippen LogP contribution is -2.28. The Bertz CT molecular complexity index is 262. The van der Waals surface area contributed by atoms with Gasteiger partial charge in [0.2, 0.25) is 6.41 Å². The summed E-state index contributed by atoms with van der Waals surface area (Å²) in [7, 11) is 0. The third-order valence-corrected chi connectivity index (χ3v) is 1.21. The minimum absolute atomic E-state index is 0.503. The van der Waals surface area contributed by atoms with Crippen LogP contribution < -0.4 is 16.6 Å². The quantitative estimate of drug-likeness (QED) is 0.203. The monoisotopic (exact) mass is 150 g/mol. The Hall–Kier alpha value is -1.55. The second-order valence-electron chi connectivity index (χ2n) is 2.04. The molecular formula is C7H8N3O. The normalized spacial score (nSPS) is 9.18. The largest absolute Gasteiger partial charge is 0.399 e. The molecule has 57 valence electrons. The van der Waals surface area contributed by atoms with Crippen LogP contribution in [0.3, 0.4) is 0 Å². The Morgan fingerprint density at radius 3 is 2.82 bits per heavy atom. The van der Waals surface area contributed by atoms with E-state index in [1.54, 1.807) is 18.2 Å². The fourth-order valence-electron chi connectivity index (χ4n) is 0.687.